The summed E-state index contributed by atoms with van der Waals surface area (Å²) in [5.74, 6) is -0.202. The zero-order chi connectivity index (χ0) is 13.0. The van der Waals surface area contributed by atoms with Crippen molar-refractivity contribution in [3.05, 3.63) is 34.2 Å². The summed E-state index contributed by atoms with van der Waals surface area (Å²) in [5, 5.41) is 0. The van der Waals surface area contributed by atoms with Gasteiger partial charge in [-0.15, -0.1) is 0 Å². The van der Waals surface area contributed by atoms with Gasteiger partial charge in [0.1, 0.15) is 5.41 Å². The molecule has 18 heavy (non-hydrogen) atoms. The summed E-state index contributed by atoms with van der Waals surface area (Å²) in [6, 6.07) is 2.99. The summed E-state index contributed by atoms with van der Waals surface area (Å²) < 4.78 is 5.22. The molecule has 0 saturated heterocycles. The number of pyridine rings is 1. The Labute approximate surface area is 106 Å². The molecule has 98 valence electrons. The third kappa shape index (κ3) is 2.33. The molecule has 1 heterocycles. The van der Waals surface area contributed by atoms with Crippen LogP contribution in [-0.4, -0.2) is 17.6 Å². The van der Waals surface area contributed by atoms with E-state index in [9.17, 15) is 9.59 Å². The highest BCUT2D eigenvalue weighted by atomic mass is 16.5. The van der Waals surface area contributed by atoms with Crippen LogP contribution >= 0.6 is 0 Å². The van der Waals surface area contributed by atoms with Crippen molar-refractivity contribution in [1.82, 2.24) is 4.98 Å². The van der Waals surface area contributed by atoms with E-state index in [1.54, 1.807) is 6.20 Å². The van der Waals surface area contributed by atoms with Crippen molar-refractivity contribution in [3.8, 4) is 0 Å². The second kappa shape index (κ2) is 5.38. The van der Waals surface area contributed by atoms with Gasteiger partial charge in [-0.25, -0.2) is 0 Å². The largest absolute Gasteiger partial charge is 0.465 e. The number of rotatable bonds is 3. The van der Waals surface area contributed by atoms with Gasteiger partial charge in [-0.05, 0) is 19.8 Å². The Bertz CT molecular complexity index is 472. The molecule has 1 aliphatic carbocycles. The van der Waals surface area contributed by atoms with Gasteiger partial charge in [0.25, 0.3) is 0 Å². The molecule has 2 rings (SSSR count). The minimum absolute atomic E-state index is 0.0713. The Morgan fingerprint density at radius 2 is 2.11 bits per heavy atom. The van der Waals surface area contributed by atoms with Crippen molar-refractivity contribution in [2.45, 2.75) is 44.4 Å². The van der Waals surface area contributed by atoms with Crippen LogP contribution in [0.1, 0.15) is 44.7 Å². The average molecular weight is 249 g/mol. The number of carbonyl (C=O) groups is 1. The first kappa shape index (κ1) is 12.9. The van der Waals surface area contributed by atoms with Crippen LogP contribution in [0.25, 0.3) is 0 Å². The molecule has 1 N–H and O–H groups in total. The SMILES string of the molecule is CCOC(=O)C1(c2cc(=O)cc[nH]2)CCCCC1. The maximum atomic E-state index is 12.3. The van der Waals surface area contributed by atoms with Crippen molar-refractivity contribution in [1.29, 1.82) is 0 Å². The van der Waals surface area contributed by atoms with E-state index in [0.717, 1.165) is 32.1 Å². The zero-order valence-corrected chi connectivity index (χ0v) is 10.7. The Hall–Kier alpha value is -1.58. The second-order valence-electron chi connectivity index (χ2n) is 4.80. The molecular weight excluding hydrogens is 230 g/mol. The Morgan fingerprint density at radius 3 is 2.72 bits per heavy atom. The Morgan fingerprint density at radius 1 is 1.39 bits per heavy atom. The molecule has 1 aliphatic rings. The first-order valence-corrected chi connectivity index (χ1v) is 6.55. The lowest BCUT2D eigenvalue weighted by Crippen LogP contribution is -2.40. The molecule has 0 amide bonds. The molecule has 4 nitrogen and oxygen atoms in total. The maximum absolute atomic E-state index is 12.3. The number of esters is 1. The molecule has 1 aromatic rings. The van der Waals surface area contributed by atoms with Crippen LogP contribution in [-0.2, 0) is 14.9 Å². The summed E-state index contributed by atoms with van der Waals surface area (Å²) in [6.07, 6.45) is 6.24. The highest BCUT2D eigenvalue weighted by molar-refractivity contribution is 5.82. The highest BCUT2D eigenvalue weighted by Crippen LogP contribution is 2.39. The summed E-state index contributed by atoms with van der Waals surface area (Å²) >= 11 is 0. The van der Waals surface area contributed by atoms with E-state index in [2.05, 4.69) is 4.98 Å². The number of nitrogens with one attached hydrogen (secondary N) is 1. The van der Waals surface area contributed by atoms with E-state index in [1.165, 1.54) is 12.1 Å². The molecular formula is C14H19NO3. The standard InChI is InChI=1S/C14H19NO3/c1-2-18-13(17)14(7-4-3-5-8-14)12-10-11(16)6-9-15-12/h6,9-10H,2-5,7-8H2,1H3,(H,15,16). The van der Waals surface area contributed by atoms with Crippen molar-refractivity contribution >= 4 is 5.97 Å². The Kier molecular flexibility index (Phi) is 3.84. The van der Waals surface area contributed by atoms with Crippen LogP contribution in [0.4, 0.5) is 0 Å². The number of aromatic amines is 1. The van der Waals surface area contributed by atoms with Crippen LogP contribution < -0.4 is 5.43 Å². The van der Waals surface area contributed by atoms with E-state index in [4.69, 9.17) is 4.74 Å². The molecule has 0 unspecified atom stereocenters. The predicted octanol–water partition coefficient (Wildman–Crippen LogP) is 2.14. The first-order chi connectivity index (χ1) is 8.69. The molecule has 0 aliphatic heterocycles. The quantitative estimate of drug-likeness (QED) is 0.835. The molecule has 1 fully saturated rings. The van der Waals surface area contributed by atoms with E-state index in [0.29, 0.717) is 12.3 Å². The van der Waals surface area contributed by atoms with Crippen molar-refractivity contribution in [3.63, 3.8) is 0 Å². The van der Waals surface area contributed by atoms with Crippen LogP contribution in [0.5, 0.6) is 0 Å². The lowest BCUT2D eigenvalue weighted by molar-refractivity contribution is -0.151. The van der Waals surface area contributed by atoms with Crippen molar-refractivity contribution in [2.24, 2.45) is 0 Å². The fraction of sp³-hybridized carbons (Fsp3) is 0.571. The number of hydrogen-bond acceptors (Lipinski definition) is 3. The van der Waals surface area contributed by atoms with Crippen molar-refractivity contribution in [2.75, 3.05) is 6.61 Å². The molecule has 0 bridgehead atoms. The second-order valence-corrected chi connectivity index (χ2v) is 4.80. The van der Waals surface area contributed by atoms with E-state index < -0.39 is 5.41 Å². The third-order valence-electron chi connectivity index (χ3n) is 3.66. The minimum Gasteiger partial charge on any atom is -0.465 e. The Balaban J connectivity index is 2.41. The maximum Gasteiger partial charge on any atom is 0.318 e. The van der Waals surface area contributed by atoms with Gasteiger partial charge in [-0.3, -0.25) is 9.59 Å². The summed E-state index contributed by atoms with van der Waals surface area (Å²) in [7, 11) is 0. The monoisotopic (exact) mass is 249 g/mol. The molecule has 0 aromatic carbocycles. The zero-order valence-electron chi connectivity index (χ0n) is 10.7. The molecule has 4 heteroatoms. The smallest absolute Gasteiger partial charge is 0.318 e. The normalized spacial score (nSPS) is 18.3. The van der Waals surface area contributed by atoms with Gasteiger partial charge in [0, 0.05) is 24.0 Å². The fourth-order valence-electron chi connectivity index (χ4n) is 2.73. The molecule has 0 radical (unpaired) electrons. The van der Waals surface area contributed by atoms with E-state index >= 15 is 0 Å². The predicted molar refractivity (Wildman–Crippen MR) is 68.5 cm³/mol. The fourth-order valence-corrected chi connectivity index (χ4v) is 2.73. The minimum atomic E-state index is -0.644. The van der Waals surface area contributed by atoms with Gasteiger partial charge in [-0.1, -0.05) is 19.3 Å². The van der Waals surface area contributed by atoms with Gasteiger partial charge < -0.3 is 9.72 Å². The molecule has 1 aromatic heterocycles. The number of carbonyl (C=O) groups excluding carboxylic acids is 1. The number of ether oxygens (including phenoxy) is 1. The van der Waals surface area contributed by atoms with Gasteiger partial charge >= 0.3 is 5.97 Å². The lowest BCUT2D eigenvalue weighted by atomic mass is 9.71. The summed E-state index contributed by atoms with van der Waals surface area (Å²) in [5.41, 5.74) is -0.0135. The van der Waals surface area contributed by atoms with Gasteiger partial charge in [0.2, 0.25) is 0 Å². The van der Waals surface area contributed by atoms with Crippen molar-refractivity contribution < 1.29 is 9.53 Å². The van der Waals surface area contributed by atoms with Crippen LogP contribution in [0, 0.1) is 0 Å². The summed E-state index contributed by atoms with van der Waals surface area (Å²) in [4.78, 5) is 26.8. The van der Waals surface area contributed by atoms with Crippen LogP contribution in [0.3, 0.4) is 0 Å². The van der Waals surface area contributed by atoms with Gasteiger partial charge in [0.15, 0.2) is 5.43 Å². The number of H-pyrrole nitrogens is 1. The third-order valence-corrected chi connectivity index (χ3v) is 3.66. The van der Waals surface area contributed by atoms with Crippen LogP contribution in [0.2, 0.25) is 0 Å². The molecule has 1 saturated carbocycles. The van der Waals surface area contributed by atoms with E-state index in [1.807, 2.05) is 6.92 Å². The molecule has 0 atom stereocenters. The average Bonchev–Trinajstić information content (AvgIpc) is 2.40. The molecule has 0 spiro atoms. The topological polar surface area (TPSA) is 59.2 Å². The number of hydrogen-bond donors (Lipinski definition) is 1. The van der Waals surface area contributed by atoms with Gasteiger partial charge in [0.05, 0.1) is 6.61 Å². The number of aromatic nitrogens is 1. The van der Waals surface area contributed by atoms with E-state index in [-0.39, 0.29) is 11.4 Å². The lowest BCUT2D eigenvalue weighted by Gasteiger charge is -2.34. The summed E-state index contributed by atoms with van der Waals surface area (Å²) in [6.45, 7) is 2.18. The first-order valence-electron chi connectivity index (χ1n) is 6.55. The highest BCUT2D eigenvalue weighted by Gasteiger charge is 2.43. The van der Waals surface area contributed by atoms with Crippen LogP contribution in [0.15, 0.2) is 23.1 Å². The van der Waals surface area contributed by atoms with Gasteiger partial charge in [-0.2, -0.15) is 0 Å².